The topological polar surface area (TPSA) is 94.8 Å². The lowest BCUT2D eigenvalue weighted by molar-refractivity contribution is -0.139. The van der Waals surface area contributed by atoms with E-state index in [0.29, 0.717) is 6.42 Å². The van der Waals surface area contributed by atoms with Crippen LogP contribution in [0.4, 0.5) is 0 Å². The quantitative estimate of drug-likeness (QED) is 0.202. The number of carbonyl (C=O) groups is 1. The Bertz CT molecular complexity index is 386. The number of allylic oxidation sites excluding steroid dienone is 2. The van der Waals surface area contributed by atoms with Crippen molar-refractivity contribution in [1.29, 1.82) is 0 Å². The maximum absolute atomic E-state index is 11.9. The number of rotatable bonds is 17. The number of Topliss-reactive ketones (excluding diaryl/α,β-unsaturated/α-hetero) is 1. The number of aliphatic hydroxyl groups excluding tert-OH is 2. The van der Waals surface area contributed by atoms with Gasteiger partial charge in [0.1, 0.15) is 6.10 Å². The predicted octanol–water partition coefficient (Wildman–Crippen LogP) is 4.15. The van der Waals surface area contributed by atoms with E-state index in [4.69, 9.17) is 5.11 Å². The number of ketones is 1. The number of unbranched alkanes of at least 4 members (excludes halogenated alkanes) is 9. The third-order valence-electron chi connectivity index (χ3n) is 4.35. The van der Waals surface area contributed by atoms with E-state index in [1.807, 2.05) is 0 Å². The van der Waals surface area contributed by atoms with Crippen LogP contribution in [-0.4, -0.2) is 39.2 Å². The minimum absolute atomic E-state index is 0.0560. The van der Waals surface area contributed by atoms with Gasteiger partial charge in [-0.25, -0.2) is 0 Å². The Balaban J connectivity index is 3.65. The zero-order valence-electron chi connectivity index (χ0n) is 15.5. The first-order valence-corrected chi connectivity index (χ1v) is 10.4. The molecule has 2 atom stereocenters. The number of carbonyl (C=O) groups excluding carboxylic acids is 1. The Morgan fingerprint density at radius 2 is 1.52 bits per heavy atom. The molecule has 0 amide bonds. The summed E-state index contributed by atoms with van der Waals surface area (Å²) in [6.45, 7) is 1.41. The SMILES string of the molecule is CCCCCC/C=C\CCCCCCCC(=O)C(O)(P=O)C(O)CO. The third kappa shape index (κ3) is 10.9. The fourth-order valence-electron chi connectivity index (χ4n) is 2.61. The Hall–Kier alpha value is -0.610. The van der Waals surface area contributed by atoms with Crippen LogP contribution in [0.25, 0.3) is 0 Å². The van der Waals surface area contributed by atoms with Gasteiger partial charge in [0, 0.05) is 6.42 Å². The maximum Gasteiger partial charge on any atom is 0.231 e. The van der Waals surface area contributed by atoms with E-state index in [1.165, 1.54) is 32.1 Å². The molecule has 0 aliphatic carbocycles. The molecule has 0 aliphatic rings. The summed E-state index contributed by atoms with van der Waals surface area (Å²) in [5.41, 5.74) is 0. The summed E-state index contributed by atoms with van der Waals surface area (Å²) < 4.78 is 11.0. The Morgan fingerprint density at radius 1 is 1.00 bits per heavy atom. The Morgan fingerprint density at radius 3 is 2.04 bits per heavy atom. The summed E-state index contributed by atoms with van der Waals surface area (Å²) in [6, 6.07) is 0. The lowest BCUT2D eigenvalue weighted by Gasteiger charge is -2.23. The van der Waals surface area contributed by atoms with E-state index in [9.17, 15) is 19.6 Å². The standard InChI is InChI=1S/C19H35O5P/c1-2-3-4-5-6-7-8-9-10-11-12-13-14-15-17(21)19(23,25-24)18(22)16-20/h7-8,18,20,22-23H,2-6,9-16H2,1H3/b8-7-. The molecule has 0 heterocycles. The van der Waals surface area contributed by atoms with Gasteiger partial charge in [0.25, 0.3) is 0 Å². The van der Waals surface area contributed by atoms with Crippen LogP contribution in [0.2, 0.25) is 0 Å². The molecule has 6 heteroatoms. The first-order chi connectivity index (χ1) is 12.0. The van der Waals surface area contributed by atoms with Gasteiger partial charge >= 0.3 is 0 Å². The average molecular weight is 374 g/mol. The average Bonchev–Trinajstić information content (AvgIpc) is 2.63. The summed E-state index contributed by atoms with van der Waals surface area (Å²) in [5, 5.41) is 25.7. The summed E-state index contributed by atoms with van der Waals surface area (Å²) in [4.78, 5) is 11.9. The number of aliphatic hydroxyl groups is 3. The first-order valence-electron chi connectivity index (χ1n) is 9.57. The molecule has 0 aromatic rings. The monoisotopic (exact) mass is 374 g/mol. The predicted molar refractivity (Wildman–Crippen MR) is 101 cm³/mol. The minimum atomic E-state index is -2.38. The van der Waals surface area contributed by atoms with E-state index >= 15 is 0 Å². The molecule has 0 rings (SSSR count). The van der Waals surface area contributed by atoms with Gasteiger partial charge in [-0.15, -0.1) is 0 Å². The van der Waals surface area contributed by atoms with E-state index in [0.717, 1.165) is 32.1 Å². The molecule has 0 saturated carbocycles. The van der Waals surface area contributed by atoms with Gasteiger partial charge in [-0.1, -0.05) is 57.6 Å². The fraction of sp³-hybridized carbons (Fsp3) is 0.842. The molecule has 146 valence electrons. The second-order valence-electron chi connectivity index (χ2n) is 6.57. The Labute approximate surface area is 153 Å². The fourth-order valence-corrected chi connectivity index (χ4v) is 3.03. The lowest BCUT2D eigenvalue weighted by Crippen LogP contribution is -2.46. The van der Waals surface area contributed by atoms with Crippen molar-refractivity contribution in [3.8, 4) is 0 Å². The van der Waals surface area contributed by atoms with Gasteiger partial charge in [0.15, 0.2) is 5.78 Å². The molecule has 0 aromatic heterocycles. The highest BCUT2D eigenvalue weighted by molar-refractivity contribution is 7.27. The molecule has 0 spiro atoms. The van der Waals surface area contributed by atoms with Crippen molar-refractivity contribution in [1.82, 2.24) is 0 Å². The molecule has 5 nitrogen and oxygen atoms in total. The summed E-state index contributed by atoms with van der Waals surface area (Å²) in [6.07, 6.45) is 15.0. The van der Waals surface area contributed by atoms with Gasteiger partial charge in [-0.3, -0.25) is 9.36 Å². The molecule has 0 bridgehead atoms. The van der Waals surface area contributed by atoms with Gasteiger partial charge < -0.3 is 15.3 Å². The second kappa shape index (κ2) is 15.6. The Kier molecular flexibility index (Phi) is 15.2. The molecule has 0 saturated heterocycles. The minimum Gasteiger partial charge on any atom is -0.394 e. The zero-order chi connectivity index (χ0) is 19.0. The van der Waals surface area contributed by atoms with Gasteiger partial charge in [0.2, 0.25) is 13.8 Å². The lowest BCUT2D eigenvalue weighted by atomic mass is 10.0. The highest BCUT2D eigenvalue weighted by atomic mass is 31.1. The molecule has 3 N–H and O–H groups in total. The number of hydrogen-bond donors (Lipinski definition) is 3. The largest absolute Gasteiger partial charge is 0.394 e. The van der Waals surface area contributed by atoms with Crippen LogP contribution in [0.5, 0.6) is 0 Å². The van der Waals surface area contributed by atoms with Crippen molar-refractivity contribution in [2.45, 2.75) is 95.4 Å². The van der Waals surface area contributed by atoms with E-state index in [-0.39, 0.29) is 6.42 Å². The van der Waals surface area contributed by atoms with E-state index < -0.39 is 32.3 Å². The highest BCUT2D eigenvalue weighted by Crippen LogP contribution is 2.27. The van der Waals surface area contributed by atoms with Crippen LogP contribution < -0.4 is 0 Å². The van der Waals surface area contributed by atoms with Gasteiger partial charge in [-0.05, 0) is 32.1 Å². The number of hydrogen-bond acceptors (Lipinski definition) is 5. The van der Waals surface area contributed by atoms with Gasteiger partial charge in [-0.2, -0.15) is 0 Å². The normalized spacial score (nSPS) is 15.5. The van der Waals surface area contributed by atoms with E-state index in [2.05, 4.69) is 19.1 Å². The maximum atomic E-state index is 11.9. The van der Waals surface area contributed by atoms with Crippen LogP contribution in [-0.2, 0) is 9.36 Å². The van der Waals surface area contributed by atoms with Crippen LogP contribution in [0, 0.1) is 0 Å². The van der Waals surface area contributed by atoms with Crippen LogP contribution in [0.1, 0.15) is 84.0 Å². The summed E-state index contributed by atoms with van der Waals surface area (Å²) >= 11 is 0. The van der Waals surface area contributed by atoms with Crippen molar-refractivity contribution in [3.63, 3.8) is 0 Å². The first kappa shape index (κ1) is 24.4. The van der Waals surface area contributed by atoms with Crippen molar-refractivity contribution in [2.24, 2.45) is 0 Å². The van der Waals surface area contributed by atoms with Crippen molar-refractivity contribution >= 4 is 14.2 Å². The zero-order valence-corrected chi connectivity index (χ0v) is 16.4. The molecular weight excluding hydrogens is 339 g/mol. The molecule has 0 aromatic carbocycles. The molecule has 25 heavy (non-hydrogen) atoms. The summed E-state index contributed by atoms with van der Waals surface area (Å²) in [7, 11) is -0.872. The van der Waals surface area contributed by atoms with Crippen molar-refractivity contribution < 1.29 is 24.7 Å². The molecular formula is C19H35O5P. The molecule has 0 aliphatic heterocycles. The van der Waals surface area contributed by atoms with Crippen molar-refractivity contribution in [2.75, 3.05) is 6.61 Å². The highest BCUT2D eigenvalue weighted by Gasteiger charge is 2.43. The van der Waals surface area contributed by atoms with E-state index in [1.54, 1.807) is 0 Å². The molecule has 0 radical (unpaired) electrons. The van der Waals surface area contributed by atoms with Gasteiger partial charge in [0.05, 0.1) is 6.61 Å². The van der Waals surface area contributed by atoms with Crippen LogP contribution in [0.3, 0.4) is 0 Å². The van der Waals surface area contributed by atoms with Crippen molar-refractivity contribution in [3.05, 3.63) is 12.2 Å². The molecule has 2 unspecified atom stereocenters. The van der Waals surface area contributed by atoms with Crippen LogP contribution >= 0.6 is 8.46 Å². The van der Waals surface area contributed by atoms with Crippen LogP contribution in [0.15, 0.2) is 12.2 Å². The smallest absolute Gasteiger partial charge is 0.231 e. The second-order valence-corrected chi connectivity index (χ2v) is 7.43. The third-order valence-corrected chi connectivity index (χ3v) is 5.18. The summed E-state index contributed by atoms with van der Waals surface area (Å²) in [5.74, 6) is -0.684. The molecule has 0 fully saturated rings.